The highest BCUT2D eigenvalue weighted by atomic mass is 32.1. The van der Waals surface area contributed by atoms with Gasteiger partial charge in [0.2, 0.25) is 0 Å². The van der Waals surface area contributed by atoms with Crippen LogP contribution in [0, 0.1) is 0 Å². The molecule has 1 amide bonds. The maximum absolute atomic E-state index is 12.6. The van der Waals surface area contributed by atoms with Crippen LogP contribution >= 0.6 is 11.3 Å². The molecule has 3 aliphatic rings. The number of amides is 1. The molecule has 2 unspecified atom stereocenters. The molecular weight excluding hydrogens is 312 g/mol. The molecule has 116 valence electrons. The first kappa shape index (κ1) is 13.0. The van der Waals surface area contributed by atoms with E-state index in [-0.39, 0.29) is 18.0 Å². The predicted octanol–water partition coefficient (Wildman–Crippen LogP) is 1.29. The number of carbonyl (C=O) groups excluding carboxylic acids is 1. The Morgan fingerprint density at radius 1 is 1.22 bits per heavy atom. The van der Waals surface area contributed by atoms with Gasteiger partial charge in [-0.2, -0.15) is 15.9 Å². The summed E-state index contributed by atoms with van der Waals surface area (Å²) in [5.74, 6) is 1.07. The number of fused-ring (bicyclic) bond motifs is 3. The second-order valence-electron chi connectivity index (χ2n) is 6.00. The van der Waals surface area contributed by atoms with Crippen molar-refractivity contribution in [2.45, 2.75) is 18.5 Å². The van der Waals surface area contributed by atoms with Crippen LogP contribution in [-0.4, -0.2) is 55.8 Å². The Kier molecular flexibility index (Phi) is 2.69. The van der Waals surface area contributed by atoms with Crippen molar-refractivity contribution in [2.75, 3.05) is 18.0 Å². The average molecular weight is 326 g/mol. The normalized spacial score (nSPS) is 23.1. The van der Waals surface area contributed by atoms with Crippen molar-refractivity contribution in [3.05, 3.63) is 40.8 Å². The number of piperazine rings is 1. The molecule has 0 saturated carbocycles. The number of aromatic nitrogens is 4. The summed E-state index contributed by atoms with van der Waals surface area (Å²) in [6.45, 7) is 1.65. The highest BCUT2D eigenvalue weighted by molar-refractivity contribution is 7.08. The molecule has 0 aliphatic carbocycles. The second-order valence-corrected chi connectivity index (χ2v) is 6.78. The molecular formula is C15H14N6OS. The molecule has 6 rings (SSSR count). The summed E-state index contributed by atoms with van der Waals surface area (Å²) in [5, 5.41) is 16.3. The number of carbonyl (C=O) groups is 1. The number of anilines is 1. The van der Waals surface area contributed by atoms with Crippen LogP contribution in [-0.2, 0) is 0 Å². The molecule has 0 N–H and O–H groups in total. The van der Waals surface area contributed by atoms with E-state index in [0.717, 1.165) is 36.5 Å². The molecule has 3 saturated heterocycles. The van der Waals surface area contributed by atoms with Gasteiger partial charge in [-0.3, -0.25) is 4.79 Å². The summed E-state index contributed by atoms with van der Waals surface area (Å²) in [6.07, 6.45) is 2.69. The van der Waals surface area contributed by atoms with Gasteiger partial charge < -0.3 is 9.80 Å². The van der Waals surface area contributed by atoms with Crippen molar-refractivity contribution in [2.24, 2.45) is 0 Å². The summed E-state index contributed by atoms with van der Waals surface area (Å²) in [4.78, 5) is 16.8. The van der Waals surface area contributed by atoms with E-state index in [1.807, 2.05) is 33.9 Å². The molecule has 0 aromatic carbocycles. The lowest BCUT2D eigenvalue weighted by Crippen LogP contribution is -2.70. The van der Waals surface area contributed by atoms with E-state index >= 15 is 0 Å². The summed E-state index contributed by atoms with van der Waals surface area (Å²) in [5.41, 5.74) is 1.55. The molecule has 3 fully saturated rings. The molecule has 2 bridgehead atoms. The van der Waals surface area contributed by atoms with Gasteiger partial charge in [-0.1, -0.05) is 0 Å². The Morgan fingerprint density at radius 3 is 2.87 bits per heavy atom. The minimum atomic E-state index is 0.161. The van der Waals surface area contributed by atoms with Gasteiger partial charge in [-0.05, 0) is 30.0 Å². The average Bonchev–Trinajstić information content (AvgIpc) is 3.25. The highest BCUT2D eigenvalue weighted by Gasteiger charge is 2.47. The molecule has 3 aliphatic heterocycles. The van der Waals surface area contributed by atoms with E-state index in [0.29, 0.717) is 0 Å². The fourth-order valence-corrected chi connectivity index (χ4v) is 4.18. The topological polar surface area (TPSA) is 66.6 Å². The van der Waals surface area contributed by atoms with Crippen LogP contribution < -0.4 is 4.90 Å². The van der Waals surface area contributed by atoms with Crippen LogP contribution in [0.1, 0.15) is 16.8 Å². The van der Waals surface area contributed by atoms with E-state index in [1.54, 1.807) is 22.2 Å². The molecule has 6 heterocycles. The second kappa shape index (κ2) is 4.76. The Hall–Kier alpha value is -2.48. The summed E-state index contributed by atoms with van der Waals surface area (Å²) in [7, 11) is 0. The number of nitrogens with zero attached hydrogens (tertiary/aromatic N) is 6. The van der Waals surface area contributed by atoms with E-state index in [4.69, 9.17) is 0 Å². The van der Waals surface area contributed by atoms with E-state index in [2.05, 4.69) is 20.2 Å². The Balaban J connectivity index is 1.37. The Labute approximate surface area is 136 Å². The Bertz CT molecular complexity index is 863. The third-order valence-electron chi connectivity index (χ3n) is 4.67. The maximum Gasteiger partial charge on any atom is 0.255 e. The van der Waals surface area contributed by atoms with E-state index in [1.165, 1.54) is 0 Å². The molecule has 7 nitrogen and oxygen atoms in total. The third-order valence-corrected chi connectivity index (χ3v) is 5.35. The third kappa shape index (κ3) is 1.94. The minimum Gasteiger partial charge on any atom is -0.351 e. The van der Waals surface area contributed by atoms with Crippen molar-refractivity contribution in [3.8, 4) is 0 Å². The molecule has 23 heavy (non-hydrogen) atoms. The molecule has 8 heteroatoms. The largest absolute Gasteiger partial charge is 0.351 e. The number of hydrogen-bond acceptors (Lipinski definition) is 6. The van der Waals surface area contributed by atoms with Gasteiger partial charge in [-0.25, -0.2) is 0 Å². The van der Waals surface area contributed by atoms with Gasteiger partial charge in [0.25, 0.3) is 5.91 Å². The maximum atomic E-state index is 12.6. The van der Waals surface area contributed by atoms with Gasteiger partial charge in [0.05, 0.1) is 17.6 Å². The molecule has 0 spiro atoms. The molecule has 3 aromatic heterocycles. The SMILES string of the molecule is O=C(c1ccsc1)N1C2CC1CN(c1ccc3nncn3n1)C2. The number of piperidine rings is 1. The van der Waals surface area contributed by atoms with Gasteiger partial charge in [-0.15, -0.1) is 15.3 Å². The van der Waals surface area contributed by atoms with Crippen LogP contribution in [0.2, 0.25) is 0 Å². The van der Waals surface area contributed by atoms with Crippen molar-refractivity contribution in [1.29, 1.82) is 0 Å². The first-order valence-corrected chi connectivity index (χ1v) is 8.51. The number of rotatable bonds is 2. The van der Waals surface area contributed by atoms with Crippen LogP contribution in [0.25, 0.3) is 5.65 Å². The van der Waals surface area contributed by atoms with E-state index < -0.39 is 0 Å². The highest BCUT2D eigenvalue weighted by Crippen LogP contribution is 2.35. The fourth-order valence-electron chi connectivity index (χ4n) is 3.55. The van der Waals surface area contributed by atoms with Crippen molar-refractivity contribution < 1.29 is 4.79 Å². The van der Waals surface area contributed by atoms with Gasteiger partial charge >= 0.3 is 0 Å². The smallest absolute Gasteiger partial charge is 0.255 e. The first-order valence-electron chi connectivity index (χ1n) is 7.56. The lowest BCUT2D eigenvalue weighted by molar-refractivity contribution is 0.00578. The van der Waals surface area contributed by atoms with E-state index in [9.17, 15) is 4.79 Å². The zero-order valence-electron chi connectivity index (χ0n) is 12.2. The lowest BCUT2D eigenvalue weighted by Gasteiger charge is -2.56. The fraction of sp³-hybridized carbons (Fsp3) is 0.333. The monoisotopic (exact) mass is 326 g/mol. The van der Waals surface area contributed by atoms with Gasteiger partial charge in [0, 0.05) is 18.5 Å². The molecule has 0 radical (unpaired) electrons. The number of hydrogen-bond donors (Lipinski definition) is 0. The van der Waals surface area contributed by atoms with Gasteiger partial charge in [0.15, 0.2) is 5.65 Å². The van der Waals surface area contributed by atoms with Crippen LogP contribution in [0.15, 0.2) is 35.3 Å². The number of thiophene rings is 1. The zero-order chi connectivity index (χ0) is 15.4. The zero-order valence-corrected chi connectivity index (χ0v) is 13.1. The van der Waals surface area contributed by atoms with Crippen molar-refractivity contribution in [1.82, 2.24) is 24.7 Å². The minimum absolute atomic E-state index is 0.161. The quantitative estimate of drug-likeness (QED) is 0.710. The van der Waals surface area contributed by atoms with Crippen molar-refractivity contribution >= 4 is 28.7 Å². The lowest BCUT2D eigenvalue weighted by atomic mass is 9.86. The first-order chi connectivity index (χ1) is 11.3. The van der Waals surface area contributed by atoms with Crippen LogP contribution in [0.3, 0.4) is 0 Å². The van der Waals surface area contributed by atoms with Crippen LogP contribution in [0.4, 0.5) is 5.82 Å². The molecule has 2 atom stereocenters. The van der Waals surface area contributed by atoms with Crippen LogP contribution in [0.5, 0.6) is 0 Å². The summed E-state index contributed by atoms with van der Waals surface area (Å²) < 4.78 is 1.68. The standard InChI is InChI=1S/C15H14N6OS/c22-15(10-3-4-23-8-10)21-11-5-12(21)7-19(6-11)14-2-1-13-17-16-9-20(13)18-14/h1-4,8-9,11-12H,5-7H2. The van der Waals surface area contributed by atoms with Crippen molar-refractivity contribution in [3.63, 3.8) is 0 Å². The van der Waals surface area contributed by atoms with Gasteiger partial charge in [0.1, 0.15) is 12.1 Å². The Morgan fingerprint density at radius 2 is 2.09 bits per heavy atom. The molecule has 3 aromatic rings. The predicted molar refractivity (Wildman–Crippen MR) is 85.7 cm³/mol. The summed E-state index contributed by atoms with van der Waals surface area (Å²) in [6, 6.07) is 6.35. The summed E-state index contributed by atoms with van der Waals surface area (Å²) >= 11 is 1.56.